The molecule has 7 atom stereocenters. The molecule has 4 heterocycles. The normalized spacial score (nSPS) is 28.5. The Bertz CT molecular complexity index is 2210. The van der Waals surface area contributed by atoms with Crippen molar-refractivity contribution in [1.29, 1.82) is 0 Å². The van der Waals surface area contributed by atoms with E-state index < -0.39 is 74.1 Å². The van der Waals surface area contributed by atoms with Crippen LogP contribution in [0.25, 0.3) is 17.1 Å². The van der Waals surface area contributed by atoms with Crippen LogP contribution >= 0.6 is 0 Å². The highest BCUT2D eigenvalue weighted by Crippen LogP contribution is 2.47. The molecule has 4 N–H and O–H groups in total. The number of hydrogen-bond acceptors (Lipinski definition) is 10. The lowest BCUT2D eigenvalue weighted by Crippen LogP contribution is -2.59. The summed E-state index contributed by atoms with van der Waals surface area (Å²) in [6.07, 6.45) is 7.91. The average molecular weight is 832 g/mol. The predicted molar refractivity (Wildman–Crippen MR) is 217 cm³/mol. The molecule has 4 amide bonds. The first-order chi connectivity index (χ1) is 28.0. The molecule has 0 unspecified atom stereocenters. The van der Waals surface area contributed by atoms with Crippen LogP contribution in [0.2, 0.25) is 0 Å². The molecule has 1 aromatic carbocycles. The molecule has 2 aliphatic carbocycles. The van der Waals surface area contributed by atoms with E-state index in [-0.39, 0.29) is 31.4 Å². The van der Waals surface area contributed by atoms with E-state index in [1.54, 1.807) is 42.2 Å². The highest BCUT2D eigenvalue weighted by Gasteiger charge is 2.63. The maximum atomic E-state index is 14.6. The van der Waals surface area contributed by atoms with Crippen molar-refractivity contribution in [2.75, 3.05) is 6.54 Å². The van der Waals surface area contributed by atoms with E-state index in [1.165, 1.54) is 4.90 Å². The molecular formula is C42H53N7O9S. The van der Waals surface area contributed by atoms with Gasteiger partial charge in [-0.3, -0.25) is 19.1 Å². The van der Waals surface area contributed by atoms with Gasteiger partial charge in [0.25, 0.3) is 5.91 Å². The molecule has 2 saturated carbocycles. The zero-order valence-corrected chi connectivity index (χ0v) is 34.8. The molecule has 316 valence electrons. The average Bonchev–Trinajstić information content (AvgIpc) is 3.92. The number of nitrogens with zero attached hydrogens (tertiary/aromatic N) is 4. The molecule has 0 spiro atoms. The zero-order valence-electron chi connectivity index (χ0n) is 34.0. The molecule has 59 heavy (non-hydrogen) atoms. The first-order valence-corrected chi connectivity index (χ1v) is 21.8. The van der Waals surface area contributed by atoms with Crippen LogP contribution in [-0.2, 0) is 24.4 Å². The third kappa shape index (κ3) is 9.09. The van der Waals surface area contributed by atoms with E-state index in [0.717, 1.165) is 12.0 Å². The number of aromatic nitrogens is 3. The Kier molecular flexibility index (Phi) is 11.5. The highest BCUT2D eigenvalue weighted by molar-refractivity contribution is 7.91. The van der Waals surface area contributed by atoms with Crippen LogP contribution in [-0.4, -0.2) is 98.1 Å². The molecule has 7 rings (SSSR count). The minimum Gasteiger partial charge on any atom is -0.491 e. The Morgan fingerprint density at radius 3 is 2.47 bits per heavy atom. The summed E-state index contributed by atoms with van der Waals surface area (Å²) in [6, 6.07) is 10.3. The molecule has 1 saturated heterocycles. The van der Waals surface area contributed by atoms with Gasteiger partial charge in [0.1, 0.15) is 35.2 Å². The molecule has 4 aliphatic rings. The number of carbonyl (C=O) groups excluding carboxylic acids is 3. The monoisotopic (exact) mass is 831 g/mol. The Morgan fingerprint density at radius 1 is 1.07 bits per heavy atom. The summed E-state index contributed by atoms with van der Waals surface area (Å²) in [5.41, 5.74) is -0.227. The standard InChI is InChI=1S/C42H53N7O9S/c1-25(2)57-30-13-11-28(12-14-30)33-20-31(22-35(44-33)49-18-8-17-43-49)58-32-21-34-37(50)46-42(39(52)47-59(55,56)41(5)15-16-41)23-29(42)10-7-6-9-26(3)19-27(4)36(45-40(53)54)38(51)48(34)24-32/h7-8,10-14,17-18,20,22,25-27,29,32,34,36,45H,6,9,15-16,19,21,23-24H2,1-5H3,(H,46,50)(H,47,52)(H,53,54)/b10-7-/t26-,27-,29-,32-,34+,36+,42-/m1/s1. The van der Waals surface area contributed by atoms with Crippen LogP contribution in [0.5, 0.6) is 11.5 Å². The van der Waals surface area contributed by atoms with E-state index in [1.807, 2.05) is 64.1 Å². The molecule has 2 aliphatic heterocycles. The summed E-state index contributed by atoms with van der Waals surface area (Å²) in [4.78, 5) is 61.3. The van der Waals surface area contributed by atoms with Crippen molar-refractivity contribution in [1.82, 2.24) is 35.0 Å². The quantitative estimate of drug-likeness (QED) is 0.208. The van der Waals surface area contributed by atoms with Crippen LogP contribution in [0.1, 0.15) is 79.6 Å². The second-order valence-corrected chi connectivity index (χ2v) is 19.3. The fourth-order valence-corrected chi connectivity index (χ4v) is 9.44. The second-order valence-electron chi connectivity index (χ2n) is 17.1. The zero-order chi connectivity index (χ0) is 42.3. The molecular weight excluding hydrogens is 779 g/mol. The molecule has 0 radical (unpaired) electrons. The maximum absolute atomic E-state index is 14.6. The van der Waals surface area contributed by atoms with Crippen molar-refractivity contribution in [3.63, 3.8) is 0 Å². The summed E-state index contributed by atoms with van der Waals surface area (Å²) >= 11 is 0. The van der Waals surface area contributed by atoms with E-state index in [4.69, 9.17) is 14.5 Å². The van der Waals surface area contributed by atoms with Gasteiger partial charge in [0.15, 0.2) is 5.82 Å². The van der Waals surface area contributed by atoms with Crippen LogP contribution in [0, 0.1) is 17.8 Å². The number of amides is 4. The molecule has 3 aromatic rings. The van der Waals surface area contributed by atoms with Crippen LogP contribution < -0.4 is 24.8 Å². The first kappa shape index (κ1) is 41.7. The second kappa shape index (κ2) is 16.3. The van der Waals surface area contributed by atoms with Crippen molar-refractivity contribution in [3.05, 3.63) is 67.0 Å². The van der Waals surface area contributed by atoms with Gasteiger partial charge in [-0.25, -0.2) is 22.9 Å². The van der Waals surface area contributed by atoms with Gasteiger partial charge >= 0.3 is 6.09 Å². The van der Waals surface area contributed by atoms with E-state index in [9.17, 15) is 32.7 Å². The lowest BCUT2D eigenvalue weighted by Gasteiger charge is -2.32. The fourth-order valence-electron chi connectivity index (χ4n) is 8.13. The molecule has 0 bridgehead atoms. The van der Waals surface area contributed by atoms with Crippen LogP contribution in [0.4, 0.5) is 4.79 Å². The Hall–Kier alpha value is -5.45. The van der Waals surface area contributed by atoms with Crippen molar-refractivity contribution in [3.8, 4) is 28.6 Å². The molecule has 17 heteroatoms. The number of benzene rings is 1. The van der Waals surface area contributed by atoms with Gasteiger partial charge in [0.05, 0.1) is 23.1 Å². The Labute approximate surface area is 344 Å². The van der Waals surface area contributed by atoms with E-state index in [0.29, 0.717) is 48.7 Å². The van der Waals surface area contributed by atoms with E-state index in [2.05, 4.69) is 20.5 Å². The summed E-state index contributed by atoms with van der Waals surface area (Å²) in [5, 5.41) is 19.5. The van der Waals surface area contributed by atoms with E-state index >= 15 is 0 Å². The van der Waals surface area contributed by atoms with Gasteiger partial charge in [0, 0.05) is 42.4 Å². The summed E-state index contributed by atoms with van der Waals surface area (Å²) in [5.74, 6) is -1.36. The van der Waals surface area contributed by atoms with Crippen molar-refractivity contribution in [2.45, 2.75) is 114 Å². The third-order valence-electron chi connectivity index (χ3n) is 11.9. The number of carboxylic acid groups (broad SMARTS) is 1. The molecule has 2 aromatic heterocycles. The number of ether oxygens (including phenoxy) is 2. The van der Waals surface area contributed by atoms with Crippen molar-refractivity contribution < 1.29 is 42.2 Å². The number of carbonyl (C=O) groups is 4. The lowest BCUT2D eigenvalue weighted by atomic mass is 9.88. The highest BCUT2D eigenvalue weighted by atomic mass is 32.2. The van der Waals surface area contributed by atoms with Gasteiger partial charge in [-0.05, 0) is 101 Å². The number of fused-ring (bicyclic) bond motifs is 2. The third-order valence-corrected chi connectivity index (χ3v) is 14.0. The number of allylic oxidation sites excluding steroid dienone is 1. The number of hydrogen-bond donors (Lipinski definition) is 4. The fraction of sp³-hybridized carbons (Fsp3) is 0.524. The summed E-state index contributed by atoms with van der Waals surface area (Å²) in [7, 11) is -4.02. The molecule has 3 fully saturated rings. The van der Waals surface area contributed by atoms with Crippen molar-refractivity contribution >= 4 is 33.8 Å². The van der Waals surface area contributed by atoms with Gasteiger partial charge in [-0.2, -0.15) is 5.10 Å². The molecule has 16 nitrogen and oxygen atoms in total. The summed E-state index contributed by atoms with van der Waals surface area (Å²) in [6.45, 7) is 9.23. The SMILES string of the molecule is CC(C)Oc1ccc(-c2cc(O[C@@H]3C[C@H]4C(=O)N[C@]5(C(=O)NS(=O)(=O)C6(C)CC6)C[C@H]5/C=C\CC[C@@H](C)C[C@@H](C)[C@H](NC(=O)O)C(=O)N4C3)cc(-n3cccn3)n2)cc1. The number of pyridine rings is 1. The predicted octanol–water partition coefficient (Wildman–Crippen LogP) is 4.59. The maximum Gasteiger partial charge on any atom is 0.405 e. The minimum absolute atomic E-state index is 0.00373. The minimum atomic E-state index is -4.02. The smallest absolute Gasteiger partial charge is 0.405 e. The van der Waals surface area contributed by atoms with Gasteiger partial charge in [0.2, 0.25) is 21.8 Å². The Morgan fingerprint density at radius 2 is 1.81 bits per heavy atom. The topological polar surface area (TPSA) is 211 Å². The van der Waals surface area contributed by atoms with Gasteiger partial charge < -0.3 is 30.1 Å². The van der Waals surface area contributed by atoms with Gasteiger partial charge in [-0.1, -0.05) is 26.0 Å². The lowest BCUT2D eigenvalue weighted by molar-refractivity contribution is -0.142. The number of sulfonamides is 1. The Balaban J connectivity index is 1.22. The first-order valence-electron chi connectivity index (χ1n) is 20.3. The van der Waals surface area contributed by atoms with Crippen LogP contribution in [0.15, 0.2) is 67.0 Å². The number of rotatable bonds is 10. The van der Waals surface area contributed by atoms with Crippen molar-refractivity contribution in [2.24, 2.45) is 17.8 Å². The number of nitrogens with one attached hydrogen (secondary N) is 3. The largest absolute Gasteiger partial charge is 0.491 e. The van der Waals surface area contributed by atoms with Gasteiger partial charge in [-0.15, -0.1) is 0 Å². The summed E-state index contributed by atoms with van der Waals surface area (Å²) < 4.78 is 41.6. The van der Waals surface area contributed by atoms with Crippen LogP contribution in [0.3, 0.4) is 0 Å².